The van der Waals surface area contributed by atoms with Crippen LogP contribution in [0.5, 0.6) is 0 Å². The first-order valence-electron chi connectivity index (χ1n) is 11.6. The summed E-state index contributed by atoms with van der Waals surface area (Å²) < 4.78 is 13.2. The zero-order valence-corrected chi connectivity index (χ0v) is 20.3. The van der Waals surface area contributed by atoms with E-state index in [-0.39, 0.29) is 18.7 Å². The standard InChI is InChI=1S/C28H30FN3O4/c1-28(2,18-19-8-14-23(29)15-9-19)31-27(35)24(16-17-25(33)32-36)30-26(34)22-12-10-21(11-13-22)20-6-4-3-5-7-20/h3-15,24,36H,16-18H2,1-2H3,(H,30,34)(H,31,35)(H,32,33)/t24-/m0/s1. The first-order valence-corrected chi connectivity index (χ1v) is 11.6. The van der Waals surface area contributed by atoms with Crippen LogP contribution in [0.3, 0.4) is 0 Å². The molecule has 0 unspecified atom stereocenters. The molecule has 0 aliphatic rings. The largest absolute Gasteiger partial charge is 0.349 e. The lowest BCUT2D eigenvalue weighted by Gasteiger charge is -2.29. The van der Waals surface area contributed by atoms with Gasteiger partial charge in [0.15, 0.2) is 0 Å². The van der Waals surface area contributed by atoms with Crippen molar-refractivity contribution in [2.24, 2.45) is 0 Å². The maximum absolute atomic E-state index is 13.2. The Bertz CT molecular complexity index is 1180. The van der Waals surface area contributed by atoms with E-state index in [1.807, 2.05) is 56.3 Å². The zero-order valence-electron chi connectivity index (χ0n) is 20.3. The molecule has 0 bridgehead atoms. The molecule has 0 aliphatic carbocycles. The molecule has 3 rings (SSSR count). The molecule has 0 heterocycles. The maximum atomic E-state index is 13.2. The number of benzene rings is 3. The highest BCUT2D eigenvalue weighted by Gasteiger charge is 2.28. The summed E-state index contributed by atoms with van der Waals surface area (Å²) in [6.07, 6.45) is 0.247. The van der Waals surface area contributed by atoms with E-state index in [9.17, 15) is 18.8 Å². The van der Waals surface area contributed by atoms with Crippen molar-refractivity contribution in [1.82, 2.24) is 16.1 Å². The molecule has 0 aliphatic heterocycles. The summed E-state index contributed by atoms with van der Waals surface area (Å²) in [4.78, 5) is 37.6. The van der Waals surface area contributed by atoms with Crippen LogP contribution in [0, 0.1) is 5.82 Å². The fraction of sp³-hybridized carbons (Fsp3) is 0.250. The van der Waals surface area contributed by atoms with Crippen LogP contribution in [-0.2, 0) is 16.0 Å². The van der Waals surface area contributed by atoms with E-state index < -0.39 is 29.3 Å². The molecule has 0 fully saturated rings. The van der Waals surface area contributed by atoms with Gasteiger partial charge in [-0.05, 0) is 67.6 Å². The second-order valence-corrected chi connectivity index (χ2v) is 9.22. The molecule has 8 heteroatoms. The molecule has 3 amide bonds. The van der Waals surface area contributed by atoms with Crippen molar-refractivity contribution in [3.63, 3.8) is 0 Å². The molecule has 3 aromatic carbocycles. The minimum Gasteiger partial charge on any atom is -0.349 e. The van der Waals surface area contributed by atoms with Crippen molar-refractivity contribution < 1.29 is 24.0 Å². The van der Waals surface area contributed by atoms with Crippen molar-refractivity contribution in [3.05, 3.63) is 95.8 Å². The Kier molecular flexibility index (Phi) is 8.91. The van der Waals surface area contributed by atoms with Gasteiger partial charge < -0.3 is 10.6 Å². The number of amides is 3. The Morgan fingerprint density at radius 1 is 0.889 bits per heavy atom. The van der Waals surface area contributed by atoms with Crippen molar-refractivity contribution in [1.29, 1.82) is 0 Å². The van der Waals surface area contributed by atoms with E-state index in [4.69, 9.17) is 5.21 Å². The number of hydrogen-bond acceptors (Lipinski definition) is 4. The van der Waals surface area contributed by atoms with Crippen molar-refractivity contribution in [2.75, 3.05) is 0 Å². The van der Waals surface area contributed by atoms with Crippen LogP contribution in [0.25, 0.3) is 11.1 Å². The van der Waals surface area contributed by atoms with Crippen LogP contribution in [0.4, 0.5) is 4.39 Å². The molecule has 188 valence electrons. The summed E-state index contributed by atoms with van der Waals surface area (Å²) in [5, 5.41) is 14.4. The number of nitrogens with one attached hydrogen (secondary N) is 3. The monoisotopic (exact) mass is 491 g/mol. The summed E-state index contributed by atoms with van der Waals surface area (Å²) in [7, 11) is 0. The van der Waals surface area contributed by atoms with Gasteiger partial charge in [0.25, 0.3) is 5.91 Å². The van der Waals surface area contributed by atoms with Crippen LogP contribution in [-0.4, -0.2) is 34.5 Å². The van der Waals surface area contributed by atoms with E-state index in [2.05, 4.69) is 10.6 Å². The molecule has 0 spiro atoms. The number of carbonyl (C=O) groups is 3. The van der Waals surface area contributed by atoms with Gasteiger partial charge in [0, 0.05) is 17.5 Å². The summed E-state index contributed by atoms with van der Waals surface area (Å²) >= 11 is 0. The first kappa shape index (κ1) is 26.6. The Hall–Kier alpha value is -4.04. The Labute approximate surface area is 209 Å². The molecule has 0 saturated carbocycles. The Morgan fingerprint density at radius 3 is 2.11 bits per heavy atom. The fourth-order valence-corrected chi connectivity index (χ4v) is 3.86. The maximum Gasteiger partial charge on any atom is 0.251 e. The van der Waals surface area contributed by atoms with Gasteiger partial charge in [-0.1, -0.05) is 54.6 Å². The molecule has 0 radical (unpaired) electrons. The average molecular weight is 492 g/mol. The van der Waals surface area contributed by atoms with Crippen LogP contribution >= 0.6 is 0 Å². The third-order valence-electron chi connectivity index (χ3n) is 5.68. The number of hydrogen-bond donors (Lipinski definition) is 4. The quantitative estimate of drug-likeness (QED) is 0.254. The van der Waals surface area contributed by atoms with Crippen molar-refractivity contribution >= 4 is 17.7 Å². The smallest absolute Gasteiger partial charge is 0.251 e. The van der Waals surface area contributed by atoms with Crippen LogP contribution in [0.2, 0.25) is 0 Å². The van der Waals surface area contributed by atoms with Gasteiger partial charge in [0.2, 0.25) is 11.8 Å². The second kappa shape index (κ2) is 12.1. The normalized spacial score (nSPS) is 11.9. The predicted octanol–water partition coefficient (Wildman–Crippen LogP) is 4.01. The molecule has 3 aromatic rings. The zero-order chi connectivity index (χ0) is 26.1. The highest BCUT2D eigenvalue weighted by atomic mass is 19.1. The molecular weight excluding hydrogens is 461 g/mol. The van der Waals surface area contributed by atoms with Crippen LogP contribution in [0.15, 0.2) is 78.9 Å². The number of rotatable bonds is 10. The molecule has 0 aromatic heterocycles. The Morgan fingerprint density at radius 2 is 1.50 bits per heavy atom. The van der Waals surface area contributed by atoms with Crippen molar-refractivity contribution in [3.8, 4) is 11.1 Å². The fourth-order valence-electron chi connectivity index (χ4n) is 3.86. The van der Waals surface area contributed by atoms with Crippen LogP contribution in [0.1, 0.15) is 42.6 Å². The summed E-state index contributed by atoms with van der Waals surface area (Å²) in [6.45, 7) is 3.63. The van der Waals surface area contributed by atoms with Crippen molar-refractivity contribution in [2.45, 2.75) is 44.7 Å². The lowest BCUT2D eigenvalue weighted by molar-refractivity contribution is -0.129. The molecular formula is C28H30FN3O4. The topological polar surface area (TPSA) is 108 Å². The van der Waals surface area contributed by atoms with Crippen LogP contribution < -0.4 is 16.1 Å². The second-order valence-electron chi connectivity index (χ2n) is 9.22. The van der Waals surface area contributed by atoms with E-state index in [0.29, 0.717) is 12.0 Å². The predicted molar refractivity (Wildman–Crippen MR) is 135 cm³/mol. The Balaban J connectivity index is 1.70. The molecule has 0 saturated heterocycles. The first-order chi connectivity index (χ1) is 17.2. The summed E-state index contributed by atoms with van der Waals surface area (Å²) in [6, 6.07) is 21.7. The highest BCUT2D eigenvalue weighted by Crippen LogP contribution is 2.19. The van der Waals surface area contributed by atoms with E-state index >= 15 is 0 Å². The van der Waals surface area contributed by atoms with Gasteiger partial charge in [0.05, 0.1) is 0 Å². The average Bonchev–Trinajstić information content (AvgIpc) is 2.87. The number of carbonyl (C=O) groups excluding carboxylic acids is 3. The third-order valence-corrected chi connectivity index (χ3v) is 5.68. The van der Waals surface area contributed by atoms with Gasteiger partial charge in [-0.3, -0.25) is 19.6 Å². The highest BCUT2D eigenvalue weighted by molar-refractivity contribution is 5.98. The minimum atomic E-state index is -1.02. The number of halogens is 1. The lowest BCUT2D eigenvalue weighted by Crippen LogP contribution is -2.54. The molecule has 1 atom stereocenters. The van der Waals surface area contributed by atoms with Gasteiger partial charge in [0.1, 0.15) is 11.9 Å². The van der Waals surface area contributed by atoms with E-state index in [1.54, 1.807) is 24.3 Å². The third kappa shape index (κ3) is 7.74. The van der Waals surface area contributed by atoms with Gasteiger partial charge >= 0.3 is 0 Å². The molecule has 4 N–H and O–H groups in total. The molecule has 7 nitrogen and oxygen atoms in total. The minimum absolute atomic E-state index is 0.0152. The lowest BCUT2D eigenvalue weighted by atomic mass is 9.94. The van der Waals surface area contributed by atoms with E-state index in [1.165, 1.54) is 17.6 Å². The SMILES string of the molecule is CC(C)(Cc1ccc(F)cc1)NC(=O)[C@H](CCC(=O)NO)NC(=O)c1ccc(-c2ccccc2)cc1. The van der Waals surface area contributed by atoms with E-state index in [0.717, 1.165) is 16.7 Å². The van der Waals surface area contributed by atoms with Gasteiger partial charge in [-0.2, -0.15) is 0 Å². The summed E-state index contributed by atoms with van der Waals surface area (Å²) in [5.41, 5.74) is 3.98. The van der Waals surface area contributed by atoms with Gasteiger partial charge in [-0.25, -0.2) is 9.87 Å². The molecule has 36 heavy (non-hydrogen) atoms. The van der Waals surface area contributed by atoms with Gasteiger partial charge in [-0.15, -0.1) is 0 Å². The summed E-state index contributed by atoms with van der Waals surface area (Å²) in [5.74, 6) is -1.94. The number of hydroxylamine groups is 1.